The van der Waals surface area contributed by atoms with Crippen LogP contribution in [0.3, 0.4) is 0 Å². The van der Waals surface area contributed by atoms with E-state index in [0.717, 1.165) is 12.0 Å². The normalized spacial score (nSPS) is 18.8. The highest BCUT2D eigenvalue weighted by Gasteiger charge is 2.32. The van der Waals surface area contributed by atoms with Gasteiger partial charge in [-0.05, 0) is 68.5 Å². The molecule has 5 rings (SSSR count). The van der Waals surface area contributed by atoms with Crippen molar-refractivity contribution in [2.45, 2.75) is 39.0 Å². The van der Waals surface area contributed by atoms with Gasteiger partial charge in [-0.1, -0.05) is 19.0 Å². The van der Waals surface area contributed by atoms with Crippen molar-refractivity contribution >= 4 is 21.0 Å². The fraction of sp³-hybridized carbons (Fsp3) is 0.407. The summed E-state index contributed by atoms with van der Waals surface area (Å²) in [5, 5.41) is 4.80. The van der Waals surface area contributed by atoms with Crippen LogP contribution >= 0.6 is 0 Å². The molecule has 0 unspecified atom stereocenters. The predicted octanol–water partition coefficient (Wildman–Crippen LogP) is 5.53. The number of benzene rings is 2. The van der Waals surface area contributed by atoms with Crippen LogP contribution in [-0.2, 0) is 10.0 Å². The van der Waals surface area contributed by atoms with E-state index in [2.05, 4.69) is 24.0 Å². The Hall–Kier alpha value is -3.37. The summed E-state index contributed by atoms with van der Waals surface area (Å²) in [6.45, 7) is 9.52. The molecule has 0 aliphatic carbocycles. The Morgan fingerprint density at radius 2 is 1.84 bits per heavy atom. The zero-order chi connectivity index (χ0) is 26.3. The Morgan fingerprint density at radius 3 is 2.54 bits per heavy atom. The SMILES string of the molecule is CCOc1ccc(-c2noc(-c3oc4ccc(S(=O)(=O)N5C[C@H](C)C[C@@H](C)C5)cc4c3C)n2)cc1OC. The molecular formula is C27H31N3O6S. The maximum atomic E-state index is 13.4. The number of nitrogens with zero attached hydrogens (tertiary/aromatic N) is 3. The third kappa shape index (κ3) is 4.71. The summed E-state index contributed by atoms with van der Waals surface area (Å²) in [5.74, 6) is 2.83. The van der Waals surface area contributed by atoms with Crippen molar-refractivity contribution in [1.29, 1.82) is 0 Å². The first-order valence-corrected chi connectivity index (χ1v) is 13.8. The molecule has 37 heavy (non-hydrogen) atoms. The van der Waals surface area contributed by atoms with Gasteiger partial charge in [-0.25, -0.2) is 8.42 Å². The van der Waals surface area contributed by atoms with Gasteiger partial charge in [-0.2, -0.15) is 9.29 Å². The topological polar surface area (TPSA) is 108 Å². The molecule has 1 aliphatic rings. The quantitative estimate of drug-likeness (QED) is 0.310. The molecule has 2 atom stereocenters. The first-order chi connectivity index (χ1) is 17.7. The Kier molecular flexibility index (Phi) is 6.72. The van der Waals surface area contributed by atoms with Crippen molar-refractivity contribution < 1.29 is 26.8 Å². The summed E-state index contributed by atoms with van der Waals surface area (Å²) in [6, 6.07) is 10.4. The minimum atomic E-state index is -3.62. The van der Waals surface area contributed by atoms with Crippen molar-refractivity contribution in [3.63, 3.8) is 0 Å². The summed E-state index contributed by atoms with van der Waals surface area (Å²) in [7, 11) is -2.05. The smallest absolute Gasteiger partial charge is 0.294 e. The van der Waals surface area contributed by atoms with Gasteiger partial charge in [0.1, 0.15) is 5.58 Å². The van der Waals surface area contributed by atoms with Gasteiger partial charge in [0.05, 0.1) is 18.6 Å². The molecule has 0 saturated carbocycles. The van der Waals surface area contributed by atoms with Gasteiger partial charge >= 0.3 is 0 Å². The van der Waals surface area contributed by atoms with Crippen LogP contribution in [0.15, 0.2) is 50.2 Å². The minimum absolute atomic E-state index is 0.208. The van der Waals surface area contributed by atoms with Gasteiger partial charge in [-0.3, -0.25) is 0 Å². The third-order valence-electron chi connectivity index (χ3n) is 6.72. The van der Waals surface area contributed by atoms with Crippen LogP contribution in [0.2, 0.25) is 0 Å². The predicted molar refractivity (Wildman–Crippen MR) is 139 cm³/mol. The number of aromatic nitrogens is 2. The summed E-state index contributed by atoms with van der Waals surface area (Å²) < 4.78 is 51.0. The fourth-order valence-corrected chi connectivity index (χ4v) is 6.74. The fourth-order valence-electron chi connectivity index (χ4n) is 5.03. The molecule has 0 radical (unpaired) electrons. The largest absolute Gasteiger partial charge is 0.493 e. The van der Waals surface area contributed by atoms with Gasteiger partial charge < -0.3 is 18.4 Å². The second kappa shape index (κ2) is 9.83. The van der Waals surface area contributed by atoms with Crippen molar-refractivity contribution in [2.24, 2.45) is 11.8 Å². The van der Waals surface area contributed by atoms with Crippen molar-refractivity contribution in [3.8, 4) is 34.5 Å². The van der Waals surface area contributed by atoms with E-state index in [1.807, 2.05) is 19.9 Å². The molecule has 0 amide bonds. The average Bonchev–Trinajstić information content (AvgIpc) is 3.48. The maximum absolute atomic E-state index is 13.4. The number of rotatable bonds is 7. The van der Waals surface area contributed by atoms with Crippen LogP contribution in [0.1, 0.15) is 32.8 Å². The van der Waals surface area contributed by atoms with Crippen molar-refractivity contribution in [1.82, 2.24) is 14.4 Å². The molecule has 1 fully saturated rings. The average molecular weight is 526 g/mol. The van der Waals surface area contributed by atoms with Crippen molar-refractivity contribution in [3.05, 3.63) is 42.0 Å². The number of aryl methyl sites for hydroxylation is 1. The third-order valence-corrected chi connectivity index (χ3v) is 8.55. The molecule has 10 heteroatoms. The Balaban J connectivity index is 1.47. The number of hydrogen-bond acceptors (Lipinski definition) is 8. The van der Waals surface area contributed by atoms with Gasteiger partial charge in [-0.15, -0.1) is 0 Å². The monoisotopic (exact) mass is 525 g/mol. The highest BCUT2D eigenvalue weighted by molar-refractivity contribution is 7.89. The summed E-state index contributed by atoms with van der Waals surface area (Å²) >= 11 is 0. The molecular weight excluding hydrogens is 494 g/mol. The van der Waals surface area contributed by atoms with E-state index in [1.165, 1.54) is 0 Å². The Morgan fingerprint density at radius 1 is 1.08 bits per heavy atom. The van der Waals surface area contributed by atoms with Crippen LogP contribution in [-0.4, -0.2) is 49.7 Å². The number of piperidine rings is 1. The second-order valence-corrected chi connectivity index (χ2v) is 11.6. The van der Waals surface area contributed by atoms with Crippen LogP contribution in [0.5, 0.6) is 11.5 Å². The Labute approximate surface area is 216 Å². The zero-order valence-electron chi connectivity index (χ0n) is 21.6. The number of sulfonamides is 1. The number of methoxy groups -OCH3 is 1. The number of hydrogen-bond donors (Lipinski definition) is 0. The van der Waals surface area contributed by atoms with Gasteiger partial charge in [0.2, 0.25) is 15.8 Å². The lowest BCUT2D eigenvalue weighted by atomic mass is 9.94. The molecule has 0 N–H and O–H groups in total. The van der Waals surface area contributed by atoms with Gasteiger partial charge in [0, 0.05) is 29.6 Å². The van der Waals surface area contributed by atoms with E-state index in [-0.39, 0.29) is 10.8 Å². The van der Waals surface area contributed by atoms with Crippen LogP contribution in [0.25, 0.3) is 34.0 Å². The van der Waals surface area contributed by atoms with Gasteiger partial charge in [0.15, 0.2) is 17.3 Å². The second-order valence-electron chi connectivity index (χ2n) is 9.70. The maximum Gasteiger partial charge on any atom is 0.294 e. The molecule has 2 aromatic carbocycles. The van der Waals surface area contributed by atoms with E-state index in [9.17, 15) is 8.42 Å². The molecule has 1 aliphatic heterocycles. The number of fused-ring (bicyclic) bond motifs is 1. The zero-order valence-corrected chi connectivity index (χ0v) is 22.5. The first-order valence-electron chi connectivity index (χ1n) is 12.4. The summed E-state index contributed by atoms with van der Waals surface area (Å²) in [6.07, 6.45) is 1.03. The lowest BCUT2D eigenvalue weighted by Crippen LogP contribution is -2.42. The lowest BCUT2D eigenvalue weighted by molar-refractivity contribution is 0.222. The van der Waals surface area contributed by atoms with Crippen LogP contribution < -0.4 is 9.47 Å². The van der Waals surface area contributed by atoms with E-state index >= 15 is 0 Å². The summed E-state index contributed by atoms with van der Waals surface area (Å²) in [4.78, 5) is 4.78. The standard InChI is InChI=1S/C27H31N3O6S/c1-6-34-23-9-7-19(12-24(23)33-5)26-28-27(36-29-26)25-18(4)21-13-20(8-10-22(21)35-25)37(31,32)30-14-16(2)11-17(3)15-30/h7-10,12-13,16-17H,6,11,14-15H2,1-5H3/t16-,17-/m1/s1. The number of ether oxygens (including phenoxy) is 2. The van der Waals surface area contributed by atoms with Crippen LogP contribution in [0.4, 0.5) is 0 Å². The molecule has 9 nitrogen and oxygen atoms in total. The molecule has 196 valence electrons. The van der Waals surface area contributed by atoms with E-state index in [0.29, 0.717) is 71.1 Å². The first kappa shape index (κ1) is 25.3. The molecule has 2 aromatic heterocycles. The highest BCUT2D eigenvalue weighted by atomic mass is 32.2. The molecule has 0 spiro atoms. The summed E-state index contributed by atoms with van der Waals surface area (Å²) in [5.41, 5.74) is 1.98. The minimum Gasteiger partial charge on any atom is -0.493 e. The van der Waals surface area contributed by atoms with E-state index in [4.69, 9.17) is 18.4 Å². The molecule has 3 heterocycles. The van der Waals surface area contributed by atoms with Gasteiger partial charge in [0.25, 0.3) is 5.89 Å². The lowest BCUT2D eigenvalue weighted by Gasteiger charge is -2.34. The highest BCUT2D eigenvalue weighted by Crippen LogP contribution is 2.37. The Bertz CT molecular complexity index is 1530. The number of furan rings is 1. The van der Waals surface area contributed by atoms with Crippen molar-refractivity contribution in [2.75, 3.05) is 26.8 Å². The van der Waals surface area contributed by atoms with E-state index < -0.39 is 10.0 Å². The molecule has 4 aromatic rings. The van der Waals surface area contributed by atoms with Crippen LogP contribution in [0, 0.1) is 18.8 Å². The molecule has 1 saturated heterocycles. The van der Waals surface area contributed by atoms with E-state index in [1.54, 1.807) is 41.7 Å². The molecule has 0 bridgehead atoms.